The molecule has 3 aromatic rings. The third-order valence-corrected chi connectivity index (χ3v) is 5.66. The summed E-state index contributed by atoms with van der Waals surface area (Å²) in [6, 6.07) is 19.0. The number of aryl methyl sites for hydroxylation is 1. The highest BCUT2D eigenvalue weighted by molar-refractivity contribution is 5.93. The molecule has 2 amide bonds. The number of benzene rings is 2. The molecular weight excluding hydrogens is 404 g/mol. The number of aromatic nitrogens is 2. The van der Waals surface area contributed by atoms with E-state index in [1.54, 1.807) is 11.1 Å². The predicted octanol–water partition coefficient (Wildman–Crippen LogP) is 3.83. The number of likely N-dealkylation sites (tertiary alicyclic amines) is 1. The summed E-state index contributed by atoms with van der Waals surface area (Å²) in [5.74, 6) is 0.494. The van der Waals surface area contributed by atoms with Crippen LogP contribution in [0.2, 0.25) is 0 Å². The first-order chi connectivity index (χ1) is 15.6. The van der Waals surface area contributed by atoms with Gasteiger partial charge in [0.1, 0.15) is 5.75 Å². The highest BCUT2D eigenvalue weighted by Gasteiger charge is 2.28. The number of carbonyl (C=O) groups is 2. The van der Waals surface area contributed by atoms with Gasteiger partial charge in [0.25, 0.3) is 0 Å². The van der Waals surface area contributed by atoms with Crippen LogP contribution in [0.3, 0.4) is 0 Å². The van der Waals surface area contributed by atoms with Crippen molar-refractivity contribution in [2.45, 2.75) is 26.2 Å². The summed E-state index contributed by atoms with van der Waals surface area (Å²) in [6.07, 6.45) is 3.64. The maximum atomic E-state index is 12.9. The summed E-state index contributed by atoms with van der Waals surface area (Å²) in [6.45, 7) is 3.43. The lowest BCUT2D eigenvalue weighted by atomic mass is 9.96. The first kappa shape index (κ1) is 21.6. The number of hydrogen-bond acceptors (Lipinski definition) is 4. The van der Waals surface area contributed by atoms with E-state index in [1.165, 1.54) is 0 Å². The molecule has 0 aliphatic carbocycles. The second-order valence-electron chi connectivity index (χ2n) is 8.01. The fraction of sp³-hybridized carbons (Fsp3) is 0.320. The molecule has 1 aliphatic heterocycles. The number of nitrogens with one attached hydrogen (secondary N) is 1. The number of amides is 2. The molecule has 7 heteroatoms. The fourth-order valence-electron chi connectivity index (χ4n) is 3.95. The molecule has 2 aromatic carbocycles. The molecule has 2 heterocycles. The maximum Gasteiger partial charge on any atom is 0.229 e. The Morgan fingerprint density at radius 2 is 1.97 bits per heavy atom. The topological polar surface area (TPSA) is 76.5 Å². The zero-order valence-electron chi connectivity index (χ0n) is 18.2. The van der Waals surface area contributed by atoms with E-state index < -0.39 is 0 Å². The lowest BCUT2D eigenvalue weighted by molar-refractivity contribution is -0.135. The first-order valence-electron chi connectivity index (χ1n) is 11.0. The Morgan fingerprint density at radius 1 is 1.12 bits per heavy atom. The molecule has 1 N–H and O–H groups in total. The molecule has 4 rings (SSSR count). The van der Waals surface area contributed by atoms with Crippen LogP contribution in [0.1, 0.15) is 25.0 Å². The van der Waals surface area contributed by atoms with Crippen LogP contribution in [-0.4, -0.2) is 46.2 Å². The Kier molecular flexibility index (Phi) is 6.84. The minimum atomic E-state index is -0.224. The van der Waals surface area contributed by atoms with Crippen molar-refractivity contribution in [1.82, 2.24) is 14.7 Å². The molecule has 1 unspecified atom stereocenters. The van der Waals surface area contributed by atoms with Crippen LogP contribution in [0.5, 0.6) is 5.75 Å². The molecule has 1 aromatic heterocycles. The number of ether oxygens (including phenoxy) is 1. The van der Waals surface area contributed by atoms with Crippen LogP contribution in [0, 0.1) is 12.8 Å². The highest BCUT2D eigenvalue weighted by Crippen LogP contribution is 2.21. The van der Waals surface area contributed by atoms with Gasteiger partial charge < -0.3 is 15.0 Å². The zero-order valence-corrected chi connectivity index (χ0v) is 18.2. The highest BCUT2D eigenvalue weighted by atomic mass is 16.5. The molecule has 166 valence electrons. The van der Waals surface area contributed by atoms with Crippen LogP contribution in [-0.2, 0) is 9.59 Å². The zero-order chi connectivity index (χ0) is 22.3. The molecule has 1 atom stereocenters. The van der Waals surface area contributed by atoms with E-state index in [-0.39, 0.29) is 17.7 Å². The molecule has 1 fully saturated rings. The molecule has 0 saturated carbocycles. The van der Waals surface area contributed by atoms with E-state index in [4.69, 9.17) is 4.74 Å². The summed E-state index contributed by atoms with van der Waals surface area (Å²) in [5.41, 5.74) is 2.64. The molecular formula is C25H28N4O3. The van der Waals surface area contributed by atoms with Crippen LogP contribution in [0.4, 0.5) is 5.69 Å². The second-order valence-corrected chi connectivity index (χ2v) is 8.01. The van der Waals surface area contributed by atoms with E-state index >= 15 is 0 Å². The van der Waals surface area contributed by atoms with Gasteiger partial charge in [-0.2, -0.15) is 5.10 Å². The lowest BCUT2D eigenvalue weighted by Gasteiger charge is -2.32. The Labute approximate surface area is 188 Å². The fourth-order valence-corrected chi connectivity index (χ4v) is 3.95. The Bertz CT molecular complexity index is 1060. The van der Waals surface area contributed by atoms with Crippen molar-refractivity contribution in [2.24, 2.45) is 5.92 Å². The third-order valence-electron chi connectivity index (χ3n) is 5.66. The monoisotopic (exact) mass is 432 g/mol. The summed E-state index contributed by atoms with van der Waals surface area (Å²) in [7, 11) is 0. The van der Waals surface area contributed by atoms with E-state index in [2.05, 4.69) is 10.4 Å². The largest absolute Gasteiger partial charge is 0.493 e. The van der Waals surface area contributed by atoms with Crippen LogP contribution in [0.15, 0.2) is 66.9 Å². The second kappa shape index (κ2) is 10.1. The number of para-hydroxylation sites is 1. The first-order valence-corrected chi connectivity index (χ1v) is 11.0. The maximum absolute atomic E-state index is 12.9. The molecule has 7 nitrogen and oxygen atoms in total. The number of piperidine rings is 1. The average molecular weight is 433 g/mol. The van der Waals surface area contributed by atoms with Crippen LogP contribution in [0.25, 0.3) is 5.69 Å². The van der Waals surface area contributed by atoms with Gasteiger partial charge >= 0.3 is 0 Å². The number of rotatable bonds is 7. The van der Waals surface area contributed by atoms with Gasteiger partial charge in [-0.25, -0.2) is 4.68 Å². The average Bonchev–Trinajstić information content (AvgIpc) is 3.26. The molecule has 0 radical (unpaired) electrons. The van der Waals surface area contributed by atoms with Gasteiger partial charge in [0.05, 0.1) is 24.6 Å². The van der Waals surface area contributed by atoms with E-state index in [1.807, 2.05) is 72.3 Å². The van der Waals surface area contributed by atoms with Crippen molar-refractivity contribution in [3.8, 4) is 11.4 Å². The summed E-state index contributed by atoms with van der Waals surface area (Å²) < 4.78 is 7.46. The Balaban J connectivity index is 1.30. The Hall–Kier alpha value is -3.61. The van der Waals surface area contributed by atoms with E-state index in [9.17, 15) is 9.59 Å². The summed E-state index contributed by atoms with van der Waals surface area (Å²) in [4.78, 5) is 27.3. The van der Waals surface area contributed by atoms with Gasteiger partial charge in [-0.05, 0) is 56.2 Å². The van der Waals surface area contributed by atoms with Crippen molar-refractivity contribution >= 4 is 17.5 Å². The summed E-state index contributed by atoms with van der Waals surface area (Å²) in [5, 5.41) is 7.33. The van der Waals surface area contributed by atoms with Gasteiger partial charge in [0, 0.05) is 30.7 Å². The minimum absolute atomic E-state index is 0.0228. The Morgan fingerprint density at radius 3 is 2.75 bits per heavy atom. The molecule has 0 bridgehead atoms. The van der Waals surface area contributed by atoms with Gasteiger partial charge in [0.15, 0.2) is 0 Å². The number of carbonyl (C=O) groups excluding carboxylic acids is 2. The lowest BCUT2D eigenvalue weighted by Crippen LogP contribution is -2.44. The minimum Gasteiger partial charge on any atom is -0.493 e. The van der Waals surface area contributed by atoms with Gasteiger partial charge in [-0.1, -0.05) is 24.3 Å². The van der Waals surface area contributed by atoms with Crippen molar-refractivity contribution in [3.63, 3.8) is 0 Å². The van der Waals surface area contributed by atoms with Crippen molar-refractivity contribution in [2.75, 3.05) is 25.0 Å². The van der Waals surface area contributed by atoms with Crippen LogP contribution < -0.4 is 10.1 Å². The summed E-state index contributed by atoms with van der Waals surface area (Å²) >= 11 is 0. The quantitative estimate of drug-likeness (QED) is 0.616. The van der Waals surface area contributed by atoms with Crippen LogP contribution >= 0.6 is 0 Å². The molecule has 1 aliphatic rings. The van der Waals surface area contributed by atoms with Crippen molar-refractivity contribution < 1.29 is 14.3 Å². The number of anilines is 1. The number of hydrogen-bond donors (Lipinski definition) is 1. The van der Waals surface area contributed by atoms with Crippen molar-refractivity contribution in [3.05, 3.63) is 72.6 Å². The molecule has 0 spiro atoms. The van der Waals surface area contributed by atoms with E-state index in [0.29, 0.717) is 26.1 Å². The van der Waals surface area contributed by atoms with E-state index in [0.717, 1.165) is 35.7 Å². The standard InChI is InChI=1S/C25H28N4O3/c1-19-12-14-26-29(19)22-9-5-8-21(17-22)27-25(31)20-7-6-15-28(18-20)24(30)13-16-32-23-10-3-2-4-11-23/h2-5,8-12,14,17,20H,6-7,13,15-16,18H2,1H3,(H,27,31). The predicted molar refractivity (Wildman–Crippen MR) is 123 cm³/mol. The molecule has 32 heavy (non-hydrogen) atoms. The molecule has 1 saturated heterocycles. The third kappa shape index (κ3) is 5.35. The smallest absolute Gasteiger partial charge is 0.229 e. The number of nitrogens with zero attached hydrogens (tertiary/aromatic N) is 3. The van der Waals surface area contributed by atoms with Gasteiger partial charge in [-0.3, -0.25) is 9.59 Å². The normalized spacial score (nSPS) is 15.9. The SMILES string of the molecule is Cc1ccnn1-c1cccc(NC(=O)C2CCCN(C(=O)CCOc3ccccc3)C2)c1. The van der Waals surface area contributed by atoms with Gasteiger partial charge in [-0.15, -0.1) is 0 Å². The van der Waals surface area contributed by atoms with Gasteiger partial charge in [0.2, 0.25) is 11.8 Å². The van der Waals surface area contributed by atoms with Crippen molar-refractivity contribution in [1.29, 1.82) is 0 Å².